The first-order chi connectivity index (χ1) is 12.5. The summed E-state index contributed by atoms with van der Waals surface area (Å²) in [5, 5.41) is 0.557. The first-order valence-corrected chi connectivity index (χ1v) is 9.71. The highest BCUT2D eigenvalue weighted by Gasteiger charge is 2.15. The van der Waals surface area contributed by atoms with E-state index in [1.165, 1.54) is 17.8 Å². The minimum Gasteiger partial charge on any atom is -0.288 e. The Labute approximate surface area is 169 Å². The van der Waals surface area contributed by atoms with Crippen molar-refractivity contribution in [2.75, 3.05) is 0 Å². The number of halogens is 3. The summed E-state index contributed by atoms with van der Waals surface area (Å²) in [6.45, 7) is 0. The van der Waals surface area contributed by atoms with E-state index in [4.69, 9.17) is 11.6 Å². The van der Waals surface area contributed by atoms with E-state index < -0.39 is 0 Å². The van der Waals surface area contributed by atoms with Gasteiger partial charge in [-0.25, -0.2) is 4.39 Å². The maximum absolute atomic E-state index is 14.1. The Hall–Kier alpha value is -1.88. The Morgan fingerprint density at radius 2 is 1.62 bits per heavy atom. The lowest BCUT2D eigenvalue weighted by atomic mass is 10.1. The summed E-state index contributed by atoms with van der Waals surface area (Å²) in [7, 11) is 0. The highest BCUT2D eigenvalue weighted by molar-refractivity contribution is 9.10. The van der Waals surface area contributed by atoms with Crippen molar-refractivity contribution >= 4 is 51.2 Å². The third-order valence-electron chi connectivity index (χ3n) is 3.56. The molecule has 3 aromatic carbocycles. The first-order valence-electron chi connectivity index (χ1n) is 7.73. The lowest BCUT2D eigenvalue weighted by molar-refractivity contribution is 0.104. The molecular formula is C21H13BrClFOS. The van der Waals surface area contributed by atoms with Crippen LogP contribution in [0, 0.1) is 5.82 Å². The molecule has 3 rings (SSSR count). The van der Waals surface area contributed by atoms with Crippen LogP contribution in [0.3, 0.4) is 0 Å². The predicted molar refractivity (Wildman–Crippen MR) is 110 cm³/mol. The van der Waals surface area contributed by atoms with Crippen LogP contribution >= 0.6 is 39.3 Å². The van der Waals surface area contributed by atoms with E-state index in [2.05, 4.69) is 15.9 Å². The summed E-state index contributed by atoms with van der Waals surface area (Å²) in [5.41, 5.74) is 0.871. The van der Waals surface area contributed by atoms with Crippen molar-refractivity contribution < 1.29 is 9.18 Å². The van der Waals surface area contributed by atoms with Crippen LogP contribution in [-0.4, -0.2) is 5.78 Å². The molecular weight excluding hydrogens is 435 g/mol. The van der Waals surface area contributed by atoms with Gasteiger partial charge in [-0.15, -0.1) is 0 Å². The van der Waals surface area contributed by atoms with Gasteiger partial charge in [0.1, 0.15) is 5.82 Å². The summed E-state index contributed by atoms with van der Waals surface area (Å²) in [6.07, 6.45) is 1.58. The fourth-order valence-electron chi connectivity index (χ4n) is 2.25. The van der Waals surface area contributed by atoms with Gasteiger partial charge in [-0.3, -0.25) is 4.79 Å². The number of rotatable bonds is 5. The standard InChI is InChI=1S/C21H13BrClFOS/c22-16-7-11-18(12-8-16)26-20(13-15-3-1-2-4-19(15)24)21(25)14-5-9-17(23)10-6-14/h1-13H/b20-13+. The maximum atomic E-state index is 14.1. The van der Waals surface area contributed by atoms with Crippen LogP contribution in [0.15, 0.2) is 87.1 Å². The average Bonchev–Trinajstić information content (AvgIpc) is 2.65. The fraction of sp³-hybridized carbons (Fsp3) is 0. The zero-order valence-electron chi connectivity index (χ0n) is 13.5. The highest BCUT2D eigenvalue weighted by Crippen LogP contribution is 2.32. The quantitative estimate of drug-likeness (QED) is 0.233. The summed E-state index contributed by atoms with van der Waals surface area (Å²) >= 11 is 10.6. The molecule has 0 unspecified atom stereocenters. The van der Waals surface area contributed by atoms with Crippen LogP contribution in [0.2, 0.25) is 5.02 Å². The zero-order chi connectivity index (χ0) is 18.5. The first kappa shape index (κ1) is 18.9. The minimum atomic E-state index is -0.370. The molecule has 0 saturated heterocycles. The number of carbonyl (C=O) groups excluding carboxylic acids is 1. The second-order valence-corrected chi connectivity index (χ2v) is 7.89. The molecule has 0 aliphatic heterocycles. The number of benzene rings is 3. The molecule has 0 aliphatic carbocycles. The van der Waals surface area contributed by atoms with Crippen molar-refractivity contribution in [1.29, 1.82) is 0 Å². The highest BCUT2D eigenvalue weighted by atomic mass is 79.9. The normalized spacial score (nSPS) is 11.4. The molecule has 1 nitrogen and oxygen atoms in total. The van der Waals surface area contributed by atoms with Crippen LogP contribution in [-0.2, 0) is 0 Å². The van der Waals surface area contributed by atoms with Gasteiger partial charge in [0.25, 0.3) is 0 Å². The van der Waals surface area contributed by atoms with Crippen molar-refractivity contribution in [2.45, 2.75) is 4.90 Å². The maximum Gasteiger partial charge on any atom is 0.199 e. The molecule has 130 valence electrons. The van der Waals surface area contributed by atoms with E-state index in [0.29, 0.717) is 21.1 Å². The van der Waals surface area contributed by atoms with E-state index in [0.717, 1.165) is 9.37 Å². The van der Waals surface area contributed by atoms with Gasteiger partial charge in [0.05, 0.1) is 4.91 Å². The Bertz CT molecular complexity index is 953. The topological polar surface area (TPSA) is 17.1 Å². The van der Waals surface area contributed by atoms with Crippen molar-refractivity contribution in [3.63, 3.8) is 0 Å². The van der Waals surface area contributed by atoms with Crippen molar-refractivity contribution in [1.82, 2.24) is 0 Å². The van der Waals surface area contributed by atoms with E-state index in [9.17, 15) is 9.18 Å². The Morgan fingerprint density at radius 1 is 0.962 bits per heavy atom. The van der Waals surface area contributed by atoms with E-state index in [1.54, 1.807) is 48.5 Å². The molecule has 0 atom stereocenters. The molecule has 3 aromatic rings. The van der Waals surface area contributed by atoms with E-state index >= 15 is 0 Å². The predicted octanol–water partition coefficient (Wildman–Crippen LogP) is 7.26. The van der Waals surface area contributed by atoms with Crippen LogP contribution in [0.4, 0.5) is 4.39 Å². The minimum absolute atomic E-state index is 0.183. The fourth-order valence-corrected chi connectivity index (χ4v) is 3.56. The molecule has 0 aromatic heterocycles. The lowest BCUT2D eigenvalue weighted by Gasteiger charge is -2.08. The monoisotopic (exact) mass is 446 g/mol. The van der Waals surface area contributed by atoms with Gasteiger partial charge >= 0.3 is 0 Å². The van der Waals surface area contributed by atoms with Gasteiger partial charge in [-0.05, 0) is 60.7 Å². The van der Waals surface area contributed by atoms with Crippen molar-refractivity contribution in [2.24, 2.45) is 0 Å². The van der Waals surface area contributed by atoms with Gasteiger partial charge in [-0.1, -0.05) is 57.5 Å². The molecule has 0 aliphatic rings. The van der Waals surface area contributed by atoms with Crippen molar-refractivity contribution in [3.05, 3.63) is 104 Å². The molecule has 0 fully saturated rings. The van der Waals surface area contributed by atoms with Gasteiger partial charge in [0.15, 0.2) is 5.78 Å². The summed E-state index contributed by atoms with van der Waals surface area (Å²) in [6, 6.07) is 20.7. The molecule has 0 N–H and O–H groups in total. The smallest absolute Gasteiger partial charge is 0.199 e. The van der Waals surface area contributed by atoms with Crippen molar-refractivity contribution in [3.8, 4) is 0 Å². The molecule has 5 heteroatoms. The van der Waals surface area contributed by atoms with Crippen LogP contribution in [0.1, 0.15) is 15.9 Å². The summed E-state index contributed by atoms with van der Waals surface area (Å²) < 4.78 is 15.0. The SMILES string of the molecule is O=C(/C(=C\c1ccccc1F)Sc1ccc(Br)cc1)c1ccc(Cl)cc1. The van der Waals surface area contributed by atoms with Crippen LogP contribution < -0.4 is 0 Å². The number of Topliss-reactive ketones (excluding diaryl/α,β-unsaturated/α-hetero) is 1. The van der Waals surface area contributed by atoms with Gasteiger partial charge in [-0.2, -0.15) is 0 Å². The zero-order valence-corrected chi connectivity index (χ0v) is 16.6. The summed E-state index contributed by atoms with van der Waals surface area (Å²) in [5.74, 6) is -0.553. The molecule has 0 radical (unpaired) electrons. The average molecular weight is 448 g/mol. The van der Waals surface area contributed by atoms with Gasteiger partial charge in [0, 0.05) is 25.5 Å². The number of ketones is 1. The molecule has 0 amide bonds. The van der Waals surface area contributed by atoms with Crippen LogP contribution in [0.25, 0.3) is 6.08 Å². The number of carbonyl (C=O) groups is 1. The molecule has 0 heterocycles. The lowest BCUT2D eigenvalue weighted by Crippen LogP contribution is -2.01. The largest absolute Gasteiger partial charge is 0.288 e. The Balaban J connectivity index is 2.00. The third-order valence-corrected chi connectivity index (χ3v) is 5.38. The molecule has 26 heavy (non-hydrogen) atoms. The van der Waals surface area contributed by atoms with E-state index in [1.807, 2.05) is 24.3 Å². The number of hydrogen-bond donors (Lipinski definition) is 0. The number of thioether (sulfide) groups is 1. The summed E-state index contributed by atoms with van der Waals surface area (Å²) in [4.78, 5) is 14.3. The second-order valence-electron chi connectivity index (χ2n) is 5.42. The molecule has 0 bridgehead atoms. The Morgan fingerprint density at radius 3 is 2.27 bits per heavy atom. The number of hydrogen-bond acceptors (Lipinski definition) is 2. The van der Waals surface area contributed by atoms with Gasteiger partial charge < -0.3 is 0 Å². The van der Waals surface area contributed by atoms with Crippen LogP contribution in [0.5, 0.6) is 0 Å². The third kappa shape index (κ3) is 4.85. The van der Waals surface area contributed by atoms with E-state index in [-0.39, 0.29) is 11.6 Å². The molecule has 0 saturated carbocycles. The second kappa shape index (κ2) is 8.67. The number of allylic oxidation sites excluding steroid dienone is 1. The Kier molecular flexibility index (Phi) is 6.30. The van der Waals surface area contributed by atoms with Gasteiger partial charge in [0.2, 0.25) is 0 Å². The molecule has 0 spiro atoms.